The zero-order chi connectivity index (χ0) is 15.8. The number of nitrogens with one attached hydrogen (secondary N) is 2. The van der Waals surface area contributed by atoms with Crippen LogP contribution in [0.25, 0.3) is 0 Å². The lowest BCUT2D eigenvalue weighted by Gasteiger charge is -2.16. The summed E-state index contributed by atoms with van der Waals surface area (Å²) in [5.41, 5.74) is 1.05. The smallest absolute Gasteiger partial charge is 0.224 e. The summed E-state index contributed by atoms with van der Waals surface area (Å²) >= 11 is 0. The monoisotopic (exact) mass is 306 g/mol. The first-order valence-electron chi connectivity index (χ1n) is 7.97. The van der Waals surface area contributed by atoms with E-state index in [1.54, 1.807) is 6.20 Å². The van der Waals surface area contributed by atoms with Gasteiger partial charge in [0.1, 0.15) is 0 Å². The van der Waals surface area contributed by atoms with Gasteiger partial charge in [-0.3, -0.25) is 9.48 Å². The molecule has 0 saturated carbocycles. The second kappa shape index (κ2) is 8.41. The third kappa shape index (κ3) is 4.75. The summed E-state index contributed by atoms with van der Waals surface area (Å²) < 4.78 is 1.81. The third-order valence-corrected chi connectivity index (χ3v) is 3.76. The average Bonchev–Trinajstić information content (AvgIpc) is 3.16. The first kappa shape index (κ1) is 16.3. The van der Waals surface area contributed by atoms with E-state index in [0.717, 1.165) is 44.1 Å². The summed E-state index contributed by atoms with van der Waals surface area (Å²) in [5, 5.41) is 10.5. The van der Waals surface area contributed by atoms with Crippen molar-refractivity contribution >= 4 is 11.9 Å². The molecule has 2 heterocycles. The Balaban J connectivity index is 1.78. The van der Waals surface area contributed by atoms with Gasteiger partial charge in [-0.1, -0.05) is 0 Å². The van der Waals surface area contributed by atoms with Crippen LogP contribution in [-0.4, -0.2) is 52.7 Å². The second-order valence-electron chi connectivity index (χ2n) is 5.41. The van der Waals surface area contributed by atoms with Crippen LogP contribution in [0.4, 0.5) is 0 Å². The molecule has 122 valence electrons. The van der Waals surface area contributed by atoms with Crippen molar-refractivity contribution in [3.05, 3.63) is 18.0 Å². The summed E-state index contributed by atoms with van der Waals surface area (Å²) in [7, 11) is 1.90. The van der Waals surface area contributed by atoms with E-state index in [-0.39, 0.29) is 5.91 Å². The minimum absolute atomic E-state index is 0.229. The number of hydrogen-bond donors (Lipinski definition) is 2. The molecule has 7 heteroatoms. The van der Waals surface area contributed by atoms with Crippen molar-refractivity contribution < 1.29 is 4.79 Å². The van der Waals surface area contributed by atoms with E-state index in [0.29, 0.717) is 19.5 Å². The van der Waals surface area contributed by atoms with Crippen LogP contribution < -0.4 is 10.6 Å². The van der Waals surface area contributed by atoms with Crippen LogP contribution in [0.1, 0.15) is 31.9 Å². The van der Waals surface area contributed by atoms with Crippen molar-refractivity contribution in [1.82, 2.24) is 25.3 Å². The van der Waals surface area contributed by atoms with Crippen LogP contribution in [0.5, 0.6) is 0 Å². The molecule has 1 aromatic rings. The Bertz CT molecular complexity index is 504. The highest BCUT2D eigenvalue weighted by Gasteiger charge is 2.17. The van der Waals surface area contributed by atoms with Crippen molar-refractivity contribution in [2.75, 3.05) is 26.2 Å². The molecule has 0 bridgehead atoms. The lowest BCUT2D eigenvalue weighted by Crippen LogP contribution is -2.39. The lowest BCUT2D eigenvalue weighted by molar-refractivity contribution is -0.129. The van der Waals surface area contributed by atoms with Crippen molar-refractivity contribution in [3.63, 3.8) is 0 Å². The maximum atomic E-state index is 12.0. The number of amides is 1. The van der Waals surface area contributed by atoms with Gasteiger partial charge in [-0.2, -0.15) is 5.10 Å². The van der Waals surface area contributed by atoms with Gasteiger partial charge in [0.2, 0.25) is 5.91 Å². The van der Waals surface area contributed by atoms with Crippen LogP contribution in [-0.2, 0) is 18.4 Å². The number of carbonyl (C=O) groups excluding carboxylic acids is 1. The van der Waals surface area contributed by atoms with Crippen LogP contribution in [0.15, 0.2) is 17.3 Å². The number of carbonyl (C=O) groups is 1. The molecule has 0 aliphatic carbocycles. The van der Waals surface area contributed by atoms with E-state index in [2.05, 4.69) is 20.7 Å². The molecule has 0 radical (unpaired) electrons. The van der Waals surface area contributed by atoms with E-state index in [1.807, 2.05) is 29.6 Å². The molecule has 1 saturated heterocycles. The molecule has 1 fully saturated rings. The first-order chi connectivity index (χ1) is 10.7. The Kier molecular flexibility index (Phi) is 6.24. The van der Waals surface area contributed by atoms with Crippen LogP contribution in [0.2, 0.25) is 0 Å². The molecule has 0 unspecified atom stereocenters. The van der Waals surface area contributed by atoms with Crippen molar-refractivity contribution in [2.45, 2.75) is 32.7 Å². The van der Waals surface area contributed by atoms with Gasteiger partial charge in [-0.15, -0.1) is 0 Å². The molecule has 1 aromatic heterocycles. The van der Waals surface area contributed by atoms with Crippen molar-refractivity contribution in [3.8, 4) is 0 Å². The molecule has 22 heavy (non-hydrogen) atoms. The van der Waals surface area contributed by atoms with Gasteiger partial charge in [0.05, 0.1) is 12.2 Å². The molecule has 0 aromatic carbocycles. The summed E-state index contributed by atoms with van der Waals surface area (Å²) in [5.74, 6) is 0.963. The Labute approximate surface area is 131 Å². The summed E-state index contributed by atoms with van der Waals surface area (Å²) in [6.45, 7) is 5.80. The maximum absolute atomic E-state index is 12.0. The third-order valence-electron chi connectivity index (χ3n) is 3.76. The van der Waals surface area contributed by atoms with Gasteiger partial charge in [0.15, 0.2) is 5.96 Å². The van der Waals surface area contributed by atoms with E-state index in [9.17, 15) is 4.79 Å². The van der Waals surface area contributed by atoms with E-state index >= 15 is 0 Å². The molecule has 0 spiro atoms. The second-order valence-corrected chi connectivity index (χ2v) is 5.41. The largest absolute Gasteiger partial charge is 0.357 e. The van der Waals surface area contributed by atoms with E-state index in [1.165, 1.54) is 0 Å². The number of hydrogen-bond acceptors (Lipinski definition) is 3. The number of aliphatic imine (C=N–C) groups is 1. The van der Waals surface area contributed by atoms with Gasteiger partial charge >= 0.3 is 0 Å². The van der Waals surface area contributed by atoms with Crippen LogP contribution in [0.3, 0.4) is 0 Å². The average molecular weight is 306 g/mol. The summed E-state index contributed by atoms with van der Waals surface area (Å²) in [6.07, 6.45) is 4.54. The van der Waals surface area contributed by atoms with Gasteiger partial charge in [0.25, 0.3) is 0 Å². The Morgan fingerprint density at radius 3 is 2.77 bits per heavy atom. The summed E-state index contributed by atoms with van der Waals surface area (Å²) in [6, 6.07) is 1.95. The van der Waals surface area contributed by atoms with Gasteiger partial charge in [-0.25, -0.2) is 4.99 Å². The Hall–Kier alpha value is -2.05. The zero-order valence-electron chi connectivity index (χ0n) is 13.5. The van der Waals surface area contributed by atoms with E-state index < -0.39 is 0 Å². The topological polar surface area (TPSA) is 74.5 Å². The zero-order valence-corrected chi connectivity index (χ0v) is 13.5. The fourth-order valence-electron chi connectivity index (χ4n) is 2.47. The standard InChI is InChI=1S/C15H26N6O/c1-3-16-15(18-12-13-6-9-19-20(13)2)17-8-7-14(22)21-10-4-5-11-21/h6,9H,3-5,7-8,10-12H2,1-2H3,(H2,16,17,18). The SMILES string of the molecule is CCNC(=NCc1ccnn1C)NCCC(=O)N1CCCC1. The molecule has 2 rings (SSSR count). The Morgan fingerprint density at radius 2 is 2.14 bits per heavy atom. The Morgan fingerprint density at radius 1 is 1.36 bits per heavy atom. The normalized spacial score (nSPS) is 15.2. The summed E-state index contributed by atoms with van der Waals surface area (Å²) in [4.78, 5) is 18.5. The van der Waals surface area contributed by atoms with Crippen LogP contribution >= 0.6 is 0 Å². The van der Waals surface area contributed by atoms with Crippen molar-refractivity contribution in [1.29, 1.82) is 0 Å². The number of aromatic nitrogens is 2. The number of nitrogens with zero attached hydrogens (tertiary/aromatic N) is 4. The van der Waals surface area contributed by atoms with Gasteiger partial charge < -0.3 is 15.5 Å². The van der Waals surface area contributed by atoms with Crippen LogP contribution in [0, 0.1) is 0 Å². The van der Waals surface area contributed by atoms with Gasteiger partial charge in [-0.05, 0) is 25.8 Å². The molecule has 1 aliphatic heterocycles. The molecular formula is C15H26N6O. The number of rotatable bonds is 6. The van der Waals surface area contributed by atoms with E-state index in [4.69, 9.17) is 0 Å². The minimum atomic E-state index is 0.229. The highest BCUT2D eigenvalue weighted by molar-refractivity contribution is 5.81. The molecule has 1 aliphatic rings. The predicted molar refractivity (Wildman–Crippen MR) is 86.5 cm³/mol. The highest BCUT2D eigenvalue weighted by Crippen LogP contribution is 2.08. The maximum Gasteiger partial charge on any atom is 0.224 e. The molecule has 1 amide bonds. The molecule has 2 N–H and O–H groups in total. The van der Waals surface area contributed by atoms with Gasteiger partial charge in [0, 0.05) is 45.8 Å². The molecule has 0 atom stereocenters. The van der Waals surface area contributed by atoms with Crippen molar-refractivity contribution in [2.24, 2.45) is 12.0 Å². The molecular weight excluding hydrogens is 280 g/mol. The minimum Gasteiger partial charge on any atom is -0.357 e. The lowest BCUT2D eigenvalue weighted by atomic mass is 10.3. The fourth-order valence-corrected chi connectivity index (χ4v) is 2.47. The quantitative estimate of drug-likeness (QED) is 0.592. The number of likely N-dealkylation sites (tertiary alicyclic amines) is 1. The molecule has 7 nitrogen and oxygen atoms in total. The highest BCUT2D eigenvalue weighted by atomic mass is 16.2. The number of aryl methyl sites for hydroxylation is 1. The predicted octanol–water partition coefficient (Wildman–Crippen LogP) is 0.488. The first-order valence-corrected chi connectivity index (χ1v) is 7.97. The number of guanidine groups is 1. The fraction of sp³-hybridized carbons (Fsp3) is 0.667.